The highest BCUT2D eigenvalue weighted by atomic mass is 16.5. The molecule has 0 radical (unpaired) electrons. The molecule has 0 spiro atoms. The first-order valence-electron chi connectivity index (χ1n) is 11.0. The zero-order valence-electron chi connectivity index (χ0n) is 17.7. The normalized spacial score (nSPS) is 23.7. The van der Waals surface area contributed by atoms with E-state index in [-0.39, 0.29) is 24.1 Å². The average molecular weight is 421 g/mol. The zero-order chi connectivity index (χ0) is 21.6. The van der Waals surface area contributed by atoms with Gasteiger partial charge in [-0.25, -0.2) is 4.79 Å². The Morgan fingerprint density at radius 1 is 1.16 bits per heavy atom. The molecule has 5 rings (SSSR count). The van der Waals surface area contributed by atoms with Crippen molar-refractivity contribution in [3.8, 4) is 5.75 Å². The highest BCUT2D eigenvalue weighted by Gasteiger charge is 2.43. The molecule has 2 heterocycles. The van der Waals surface area contributed by atoms with Gasteiger partial charge in [-0.3, -0.25) is 4.79 Å². The minimum absolute atomic E-state index is 0.0741. The SMILES string of the molecule is Cc1c(OCC(=O)N2CC[C@]3(O)CCCC[C@H]3C2)ccc2c1oc(=O)c1ccccc12. The molecule has 6 nitrogen and oxygen atoms in total. The standard InChI is InChI=1S/C25H27NO5/c1-16-21(10-9-19-18-7-2-3-8-20(18)24(28)31-23(16)19)30-15-22(27)26-13-12-25(29)11-5-4-6-17(25)14-26/h2-3,7-10,17,29H,4-6,11-15H2,1H3/t17-,25+/m0/s1. The third kappa shape index (κ3) is 3.49. The number of benzene rings is 2. The summed E-state index contributed by atoms with van der Waals surface area (Å²) in [6.45, 7) is 2.92. The van der Waals surface area contributed by atoms with Gasteiger partial charge in [-0.2, -0.15) is 0 Å². The van der Waals surface area contributed by atoms with Gasteiger partial charge < -0.3 is 19.2 Å². The smallest absolute Gasteiger partial charge is 0.344 e. The fourth-order valence-corrected chi connectivity index (χ4v) is 5.25. The number of hydrogen-bond acceptors (Lipinski definition) is 5. The number of piperidine rings is 1. The van der Waals surface area contributed by atoms with Crippen LogP contribution in [-0.2, 0) is 4.79 Å². The number of nitrogens with zero attached hydrogens (tertiary/aromatic N) is 1. The summed E-state index contributed by atoms with van der Waals surface area (Å²) in [6, 6.07) is 11.1. The van der Waals surface area contributed by atoms with Crippen molar-refractivity contribution in [2.24, 2.45) is 5.92 Å². The Bertz CT molecular complexity index is 1220. The van der Waals surface area contributed by atoms with E-state index in [1.165, 1.54) is 0 Å². The van der Waals surface area contributed by atoms with E-state index in [0.29, 0.717) is 41.8 Å². The molecule has 1 aliphatic carbocycles. The van der Waals surface area contributed by atoms with Gasteiger partial charge in [-0.05, 0) is 49.8 Å². The fraction of sp³-hybridized carbons (Fsp3) is 0.440. The van der Waals surface area contributed by atoms with Gasteiger partial charge in [0.25, 0.3) is 5.91 Å². The van der Waals surface area contributed by atoms with Crippen LogP contribution in [0.15, 0.2) is 45.6 Å². The van der Waals surface area contributed by atoms with Crippen molar-refractivity contribution < 1.29 is 19.1 Å². The number of ether oxygens (including phenoxy) is 1. The van der Waals surface area contributed by atoms with E-state index in [1.54, 1.807) is 6.07 Å². The Balaban J connectivity index is 1.34. The lowest BCUT2D eigenvalue weighted by Gasteiger charge is -2.47. The van der Waals surface area contributed by atoms with Crippen LogP contribution < -0.4 is 10.4 Å². The van der Waals surface area contributed by atoms with Crippen molar-refractivity contribution in [3.63, 3.8) is 0 Å². The van der Waals surface area contributed by atoms with Crippen molar-refractivity contribution in [3.05, 3.63) is 52.4 Å². The lowest BCUT2D eigenvalue weighted by atomic mass is 9.71. The highest BCUT2D eigenvalue weighted by Crippen LogP contribution is 2.39. The van der Waals surface area contributed by atoms with Crippen LogP contribution in [0.4, 0.5) is 0 Å². The maximum Gasteiger partial charge on any atom is 0.344 e. The lowest BCUT2D eigenvalue weighted by Crippen LogP contribution is -2.55. The minimum atomic E-state index is -0.606. The van der Waals surface area contributed by atoms with Gasteiger partial charge >= 0.3 is 5.63 Å². The summed E-state index contributed by atoms with van der Waals surface area (Å²) in [7, 11) is 0. The van der Waals surface area contributed by atoms with E-state index in [9.17, 15) is 14.7 Å². The van der Waals surface area contributed by atoms with Crippen molar-refractivity contribution in [1.82, 2.24) is 4.90 Å². The van der Waals surface area contributed by atoms with Gasteiger partial charge in [-0.1, -0.05) is 31.0 Å². The molecule has 2 atom stereocenters. The summed E-state index contributed by atoms with van der Waals surface area (Å²) in [5, 5.41) is 13.1. The summed E-state index contributed by atoms with van der Waals surface area (Å²) in [6.07, 6.45) is 4.62. The van der Waals surface area contributed by atoms with Crippen molar-refractivity contribution in [2.75, 3.05) is 19.7 Å². The number of hydrogen-bond donors (Lipinski definition) is 1. The minimum Gasteiger partial charge on any atom is -0.483 e. The van der Waals surface area contributed by atoms with Gasteiger partial charge in [0.15, 0.2) is 6.61 Å². The quantitative estimate of drug-likeness (QED) is 0.514. The summed E-state index contributed by atoms with van der Waals surface area (Å²) in [4.78, 5) is 27.0. The van der Waals surface area contributed by atoms with E-state index >= 15 is 0 Å². The molecule has 1 saturated heterocycles. The summed E-state index contributed by atoms with van der Waals surface area (Å²) < 4.78 is 11.4. The van der Waals surface area contributed by atoms with Crippen LogP contribution in [0.25, 0.3) is 21.7 Å². The molecule has 1 N–H and O–H groups in total. The van der Waals surface area contributed by atoms with Crippen molar-refractivity contribution in [2.45, 2.75) is 44.6 Å². The molecule has 0 bridgehead atoms. The molecule has 0 unspecified atom stereocenters. The van der Waals surface area contributed by atoms with Crippen molar-refractivity contribution >= 4 is 27.6 Å². The number of likely N-dealkylation sites (tertiary alicyclic amines) is 1. The topological polar surface area (TPSA) is 80.0 Å². The molecule has 2 aliphatic rings. The molecule has 31 heavy (non-hydrogen) atoms. The van der Waals surface area contributed by atoms with Gasteiger partial charge in [0.2, 0.25) is 0 Å². The zero-order valence-corrected chi connectivity index (χ0v) is 17.7. The first-order chi connectivity index (χ1) is 15.0. The number of aliphatic hydroxyl groups is 1. The molecule has 1 amide bonds. The van der Waals surface area contributed by atoms with E-state index < -0.39 is 5.60 Å². The monoisotopic (exact) mass is 421 g/mol. The van der Waals surface area contributed by atoms with Gasteiger partial charge in [0.05, 0.1) is 11.0 Å². The van der Waals surface area contributed by atoms with Gasteiger partial charge in [-0.15, -0.1) is 0 Å². The molecule has 1 aromatic heterocycles. The Kier molecular flexibility index (Phi) is 4.97. The Morgan fingerprint density at radius 2 is 1.97 bits per heavy atom. The summed E-state index contributed by atoms with van der Waals surface area (Å²) >= 11 is 0. The average Bonchev–Trinajstić information content (AvgIpc) is 2.78. The Hall–Kier alpha value is -2.86. The van der Waals surface area contributed by atoms with Crippen LogP contribution in [0.1, 0.15) is 37.7 Å². The van der Waals surface area contributed by atoms with Gasteiger partial charge in [0.1, 0.15) is 11.3 Å². The summed E-state index contributed by atoms with van der Waals surface area (Å²) in [5.74, 6) is 0.612. The number of fused-ring (bicyclic) bond motifs is 4. The Morgan fingerprint density at radius 3 is 2.81 bits per heavy atom. The third-order valence-corrected chi connectivity index (χ3v) is 7.12. The van der Waals surface area contributed by atoms with Crippen LogP contribution in [0.2, 0.25) is 0 Å². The van der Waals surface area contributed by atoms with E-state index in [2.05, 4.69) is 0 Å². The number of carbonyl (C=O) groups excluding carboxylic acids is 1. The fourth-order valence-electron chi connectivity index (χ4n) is 5.25. The van der Waals surface area contributed by atoms with Crippen LogP contribution in [0.3, 0.4) is 0 Å². The maximum absolute atomic E-state index is 12.8. The molecule has 1 aliphatic heterocycles. The number of rotatable bonds is 3. The van der Waals surface area contributed by atoms with Crippen LogP contribution in [-0.4, -0.2) is 41.2 Å². The maximum atomic E-state index is 12.8. The van der Waals surface area contributed by atoms with Crippen LogP contribution in [0.5, 0.6) is 5.75 Å². The predicted molar refractivity (Wildman–Crippen MR) is 118 cm³/mol. The Labute approximate surface area is 180 Å². The number of aryl methyl sites for hydroxylation is 1. The first kappa shape index (κ1) is 20.1. The second kappa shape index (κ2) is 7.68. The van der Waals surface area contributed by atoms with Crippen LogP contribution in [0, 0.1) is 12.8 Å². The molecular formula is C25H27NO5. The highest BCUT2D eigenvalue weighted by molar-refractivity contribution is 6.05. The van der Waals surface area contributed by atoms with E-state index in [0.717, 1.165) is 36.5 Å². The molecular weight excluding hydrogens is 394 g/mol. The van der Waals surface area contributed by atoms with E-state index in [1.807, 2.05) is 42.2 Å². The third-order valence-electron chi connectivity index (χ3n) is 7.12. The molecule has 162 valence electrons. The lowest BCUT2D eigenvalue weighted by molar-refractivity contribution is -0.145. The molecule has 6 heteroatoms. The molecule has 1 saturated carbocycles. The molecule has 3 aromatic rings. The van der Waals surface area contributed by atoms with Gasteiger partial charge in [0, 0.05) is 30.0 Å². The molecule has 2 aromatic carbocycles. The van der Waals surface area contributed by atoms with Crippen molar-refractivity contribution in [1.29, 1.82) is 0 Å². The van der Waals surface area contributed by atoms with E-state index in [4.69, 9.17) is 9.15 Å². The largest absolute Gasteiger partial charge is 0.483 e. The second-order valence-electron chi connectivity index (χ2n) is 8.93. The van der Waals surface area contributed by atoms with Crippen LogP contribution >= 0.6 is 0 Å². The number of amides is 1. The first-order valence-corrected chi connectivity index (χ1v) is 11.0. The number of carbonyl (C=O) groups is 1. The molecule has 2 fully saturated rings. The second-order valence-corrected chi connectivity index (χ2v) is 8.93. The predicted octanol–water partition coefficient (Wildman–Crippen LogP) is 3.79. The summed E-state index contributed by atoms with van der Waals surface area (Å²) in [5.41, 5.74) is 0.200.